The normalized spacial score (nSPS) is 16.9. The lowest BCUT2D eigenvalue weighted by molar-refractivity contribution is -0.132. The van der Waals surface area contributed by atoms with Crippen LogP contribution in [0.2, 0.25) is 5.02 Å². The number of aliphatic hydroxyl groups is 1. The summed E-state index contributed by atoms with van der Waals surface area (Å²) in [5.74, 6) is -0.839. The van der Waals surface area contributed by atoms with Gasteiger partial charge in [0.25, 0.3) is 11.7 Å². The number of methoxy groups -OCH3 is 3. The number of amides is 1. The second-order valence-electron chi connectivity index (χ2n) is 7.92. The van der Waals surface area contributed by atoms with Crippen molar-refractivity contribution < 1.29 is 28.9 Å². The van der Waals surface area contributed by atoms with Gasteiger partial charge >= 0.3 is 0 Å². The van der Waals surface area contributed by atoms with Gasteiger partial charge < -0.3 is 19.3 Å². The molecule has 3 aromatic rings. The molecule has 0 spiro atoms. The van der Waals surface area contributed by atoms with Gasteiger partial charge in [-0.3, -0.25) is 14.5 Å². The van der Waals surface area contributed by atoms with Gasteiger partial charge in [-0.25, -0.2) is 0 Å². The van der Waals surface area contributed by atoms with Crippen LogP contribution in [0.3, 0.4) is 0 Å². The quantitative estimate of drug-likeness (QED) is 0.285. The van der Waals surface area contributed by atoms with Crippen LogP contribution in [0.15, 0.2) is 66.2 Å². The number of ketones is 1. The lowest BCUT2D eigenvalue weighted by Gasteiger charge is -2.27. The van der Waals surface area contributed by atoms with Crippen LogP contribution in [-0.2, 0) is 9.59 Å². The molecule has 1 saturated heterocycles. The van der Waals surface area contributed by atoms with Crippen molar-refractivity contribution in [3.8, 4) is 17.2 Å². The number of Topliss-reactive ketones (excluding diaryl/α,β-unsaturated/α-hetero) is 1. The molecule has 180 valence electrons. The number of anilines is 1. The van der Waals surface area contributed by atoms with E-state index >= 15 is 0 Å². The molecule has 35 heavy (non-hydrogen) atoms. The van der Waals surface area contributed by atoms with E-state index in [0.717, 1.165) is 5.56 Å². The van der Waals surface area contributed by atoms with Crippen molar-refractivity contribution in [1.29, 1.82) is 0 Å². The van der Waals surface area contributed by atoms with E-state index < -0.39 is 23.5 Å². The molecular formula is C27H24ClNO6. The molecule has 1 amide bonds. The van der Waals surface area contributed by atoms with E-state index in [1.807, 2.05) is 19.1 Å². The highest BCUT2D eigenvalue weighted by molar-refractivity contribution is 6.51. The Labute approximate surface area is 208 Å². The number of aryl methyl sites for hydroxylation is 1. The van der Waals surface area contributed by atoms with E-state index in [1.165, 1.54) is 31.3 Å². The van der Waals surface area contributed by atoms with Gasteiger partial charge in [-0.2, -0.15) is 0 Å². The van der Waals surface area contributed by atoms with Gasteiger partial charge in [0.2, 0.25) is 0 Å². The summed E-state index contributed by atoms with van der Waals surface area (Å²) in [6.45, 7) is 1.85. The number of carbonyl (C=O) groups is 2. The summed E-state index contributed by atoms with van der Waals surface area (Å²) in [7, 11) is 4.41. The van der Waals surface area contributed by atoms with Crippen molar-refractivity contribution in [3.05, 3.63) is 87.9 Å². The first kappa shape index (κ1) is 24.2. The molecule has 1 heterocycles. The second-order valence-corrected chi connectivity index (χ2v) is 8.32. The summed E-state index contributed by atoms with van der Waals surface area (Å²) in [5.41, 5.74) is 2.09. The molecule has 1 aliphatic heterocycles. The highest BCUT2D eigenvalue weighted by atomic mass is 35.5. The molecule has 0 aliphatic carbocycles. The summed E-state index contributed by atoms with van der Waals surface area (Å²) in [5, 5.41) is 11.7. The molecule has 0 saturated carbocycles. The van der Waals surface area contributed by atoms with Gasteiger partial charge in [-0.15, -0.1) is 0 Å². The molecule has 1 aliphatic rings. The number of para-hydroxylation sites is 1. The highest BCUT2D eigenvalue weighted by Crippen LogP contribution is 2.45. The van der Waals surface area contributed by atoms with Crippen LogP contribution in [0.4, 0.5) is 5.69 Å². The number of nitrogens with zero attached hydrogens (tertiary/aromatic N) is 1. The zero-order chi connectivity index (χ0) is 25.3. The third kappa shape index (κ3) is 4.19. The van der Waals surface area contributed by atoms with Crippen LogP contribution in [0.1, 0.15) is 22.7 Å². The smallest absolute Gasteiger partial charge is 0.300 e. The van der Waals surface area contributed by atoms with Crippen molar-refractivity contribution in [2.75, 3.05) is 26.2 Å². The SMILES string of the molecule is COc1ccc(C2/C(=C(\O)c3cc(OC)c(Cl)cc3OC)C(=O)C(=O)N2c2ccccc2C)cc1. The highest BCUT2D eigenvalue weighted by Gasteiger charge is 2.47. The summed E-state index contributed by atoms with van der Waals surface area (Å²) < 4.78 is 16.0. The van der Waals surface area contributed by atoms with Crippen LogP contribution in [-0.4, -0.2) is 38.1 Å². The Morgan fingerprint density at radius 3 is 2.17 bits per heavy atom. The van der Waals surface area contributed by atoms with Crippen LogP contribution in [0, 0.1) is 6.92 Å². The maximum atomic E-state index is 13.4. The first-order valence-electron chi connectivity index (χ1n) is 10.7. The molecule has 1 fully saturated rings. The van der Waals surface area contributed by atoms with Crippen LogP contribution in [0.5, 0.6) is 17.2 Å². The van der Waals surface area contributed by atoms with Gasteiger partial charge in [-0.1, -0.05) is 41.9 Å². The number of rotatable bonds is 6. The van der Waals surface area contributed by atoms with E-state index in [9.17, 15) is 14.7 Å². The second kappa shape index (κ2) is 9.72. The van der Waals surface area contributed by atoms with E-state index in [2.05, 4.69) is 0 Å². The van der Waals surface area contributed by atoms with E-state index in [0.29, 0.717) is 17.0 Å². The predicted molar refractivity (Wildman–Crippen MR) is 134 cm³/mol. The Morgan fingerprint density at radius 1 is 0.914 bits per heavy atom. The maximum absolute atomic E-state index is 13.4. The minimum atomic E-state index is -0.895. The summed E-state index contributed by atoms with van der Waals surface area (Å²) in [4.78, 5) is 28.2. The van der Waals surface area contributed by atoms with Crippen molar-refractivity contribution in [2.45, 2.75) is 13.0 Å². The molecule has 1 N–H and O–H groups in total. The Hall–Kier alpha value is -3.97. The Bertz CT molecular complexity index is 1330. The number of hydrogen-bond donors (Lipinski definition) is 1. The number of ether oxygens (including phenoxy) is 3. The average Bonchev–Trinajstić information content (AvgIpc) is 3.13. The average molecular weight is 494 g/mol. The summed E-state index contributed by atoms with van der Waals surface area (Å²) in [6.07, 6.45) is 0. The minimum absolute atomic E-state index is 0.0777. The number of halogens is 1. The van der Waals surface area contributed by atoms with Crippen molar-refractivity contribution in [1.82, 2.24) is 0 Å². The van der Waals surface area contributed by atoms with E-state index in [-0.39, 0.29) is 27.7 Å². The molecule has 1 unspecified atom stereocenters. The lowest BCUT2D eigenvalue weighted by Crippen LogP contribution is -2.30. The van der Waals surface area contributed by atoms with Crippen LogP contribution >= 0.6 is 11.6 Å². The Balaban J connectivity index is 2.00. The third-order valence-electron chi connectivity index (χ3n) is 5.98. The molecule has 0 bridgehead atoms. The summed E-state index contributed by atoms with van der Waals surface area (Å²) >= 11 is 6.23. The van der Waals surface area contributed by atoms with Gasteiger partial charge in [0.05, 0.1) is 43.5 Å². The van der Waals surface area contributed by atoms with Crippen LogP contribution in [0.25, 0.3) is 5.76 Å². The Kier molecular flexibility index (Phi) is 6.71. The lowest BCUT2D eigenvalue weighted by atomic mass is 9.94. The number of benzene rings is 3. The number of aliphatic hydroxyl groups excluding tert-OH is 1. The fourth-order valence-corrected chi connectivity index (χ4v) is 4.44. The fourth-order valence-electron chi connectivity index (χ4n) is 4.21. The monoisotopic (exact) mass is 493 g/mol. The minimum Gasteiger partial charge on any atom is -0.507 e. The van der Waals surface area contributed by atoms with Crippen LogP contribution < -0.4 is 19.1 Å². The molecule has 4 rings (SSSR count). The molecule has 3 aromatic carbocycles. The van der Waals surface area contributed by atoms with Gasteiger partial charge in [-0.05, 0) is 42.3 Å². The Morgan fingerprint density at radius 2 is 1.57 bits per heavy atom. The first-order chi connectivity index (χ1) is 16.8. The van der Waals surface area contributed by atoms with E-state index in [1.54, 1.807) is 43.5 Å². The molecular weight excluding hydrogens is 470 g/mol. The maximum Gasteiger partial charge on any atom is 0.300 e. The number of carbonyl (C=O) groups excluding carboxylic acids is 2. The van der Waals surface area contributed by atoms with Crippen molar-refractivity contribution >= 4 is 34.7 Å². The number of hydrogen-bond acceptors (Lipinski definition) is 6. The molecule has 0 aromatic heterocycles. The van der Waals surface area contributed by atoms with E-state index in [4.69, 9.17) is 25.8 Å². The van der Waals surface area contributed by atoms with Crippen molar-refractivity contribution in [3.63, 3.8) is 0 Å². The van der Waals surface area contributed by atoms with Gasteiger partial charge in [0.15, 0.2) is 0 Å². The molecule has 0 radical (unpaired) electrons. The zero-order valence-corrected chi connectivity index (χ0v) is 20.4. The fraction of sp³-hybridized carbons (Fsp3) is 0.185. The molecule has 1 atom stereocenters. The third-order valence-corrected chi connectivity index (χ3v) is 6.28. The topological polar surface area (TPSA) is 85.3 Å². The molecule has 8 heteroatoms. The predicted octanol–water partition coefficient (Wildman–Crippen LogP) is 5.30. The standard InChI is InChI=1S/C27H24ClNO6/c1-15-7-5-6-8-20(15)29-24(16-9-11-17(33-2)12-10-16)23(26(31)27(29)32)25(30)18-13-22(35-4)19(28)14-21(18)34-3/h5-14,24,30H,1-4H3/b25-23+. The largest absolute Gasteiger partial charge is 0.507 e. The van der Waals surface area contributed by atoms with Gasteiger partial charge in [0, 0.05) is 11.8 Å². The zero-order valence-electron chi connectivity index (χ0n) is 19.7. The summed E-state index contributed by atoms with van der Waals surface area (Å²) in [6, 6.07) is 16.3. The van der Waals surface area contributed by atoms with Gasteiger partial charge in [0.1, 0.15) is 23.0 Å². The molecule has 7 nitrogen and oxygen atoms in total. The van der Waals surface area contributed by atoms with Crippen molar-refractivity contribution in [2.24, 2.45) is 0 Å². The first-order valence-corrected chi connectivity index (χ1v) is 11.1.